The quantitative estimate of drug-likeness (QED) is 0.581. The number of carbonyl (C=O) groups is 2. The highest BCUT2D eigenvalue weighted by Gasteiger charge is 2.13. The van der Waals surface area contributed by atoms with Gasteiger partial charge in [-0.25, -0.2) is 0 Å². The standard InChI is InChI=1S/C14H18O3/c1-4-17-13(16)9-8-12(15)14-10(2)6-5-7-11(14)3/h5-7H,4,8-9H2,1-3H3. The zero-order valence-electron chi connectivity index (χ0n) is 10.6. The maximum atomic E-state index is 12.0. The number of rotatable bonds is 5. The highest BCUT2D eigenvalue weighted by Crippen LogP contribution is 2.16. The van der Waals surface area contributed by atoms with Crippen LogP contribution in [0.25, 0.3) is 0 Å². The van der Waals surface area contributed by atoms with Crippen LogP contribution < -0.4 is 0 Å². The summed E-state index contributed by atoms with van der Waals surface area (Å²) in [5.41, 5.74) is 2.65. The van der Waals surface area contributed by atoms with Gasteiger partial charge < -0.3 is 4.74 Å². The van der Waals surface area contributed by atoms with E-state index < -0.39 is 0 Å². The number of aryl methyl sites for hydroxylation is 2. The van der Waals surface area contributed by atoms with E-state index >= 15 is 0 Å². The topological polar surface area (TPSA) is 43.4 Å². The number of esters is 1. The molecule has 0 heterocycles. The first-order valence-corrected chi connectivity index (χ1v) is 5.81. The Morgan fingerprint density at radius 1 is 1.12 bits per heavy atom. The molecule has 0 amide bonds. The summed E-state index contributed by atoms with van der Waals surface area (Å²) in [6, 6.07) is 5.74. The molecule has 0 aliphatic rings. The van der Waals surface area contributed by atoms with Crippen molar-refractivity contribution in [3.8, 4) is 0 Å². The molecule has 0 atom stereocenters. The van der Waals surface area contributed by atoms with Crippen LogP contribution in [0.3, 0.4) is 0 Å². The number of hydrogen-bond acceptors (Lipinski definition) is 3. The SMILES string of the molecule is CCOC(=O)CCC(=O)c1c(C)cccc1C. The Labute approximate surface area is 102 Å². The van der Waals surface area contributed by atoms with Crippen molar-refractivity contribution in [3.05, 3.63) is 34.9 Å². The van der Waals surface area contributed by atoms with Crippen molar-refractivity contribution in [3.63, 3.8) is 0 Å². The van der Waals surface area contributed by atoms with Crippen LogP contribution in [-0.2, 0) is 9.53 Å². The Morgan fingerprint density at radius 3 is 2.24 bits per heavy atom. The summed E-state index contributed by atoms with van der Waals surface area (Å²) >= 11 is 0. The second-order valence-corrected chi connectivity index (χ2v) is 4.00. The lowest BCUT2D eigenvalue weighted by molar-refractivity contribution is -0.143. The monoisotopic (exact) mass is 234 g/mol. The van der Waals surface area contributed by atoms with Gasteiger partial charge in [0.25, 0.3) is 0 Å². The fraction of sp³-hybridized carbons (Fsp3) is 0.429. The van der Waals surface area contributed by atoms with Crippen LogP contribution in [0.15, 0.2) is 18.2 Å². The molecular formula is C14H18O3. The van der Waals surface area contributed by atoms with E-state index in [0.717, 1.165) is 16.7 Å². The third kappa shape index (κ3) is 3.70. The second kappa shape index (κ2) is 6.18. The van der Waals surface area contributed by atoms with Crippen molar-refractivity contribution in [1.29, 1.82) is 0 Å². The van der Waals surface area contributed by atoms with E-state index in [1.807, 2.05) is 32.0 Å². The molecule has 0 bridgehead atoms. The molecule has 0 saturated carbocycles. The first-order valence-electron chi connectivity index (χ1n) is 5.81. The number of ketones is 1. The average Bonchev–Trinajstić information content (AvgIpc) is 2.26. The lowest BCUT2D eigenvalue weighted by atomic mass is 9.97. The van der Waals surface area contributed by atoms with Crippen LogP contribution >= 0.6 is 0 Å². The van der Waals surface area contributed by atoms with Crippen molar-refractivity contribution >= 4 is 11.8 Å². The molecule has 92 valence electrons. The predicted octanol–water partition coefficient (Wildman–Crippen LogP) is 2.83. The molecular weight excluding hydrogens is 216 g/mol. The molecule has 17 heavy (non-hydrogen) atoms. The number of Topliss-reactive ketones (excluding diaryl/α,β-unsaturated/α-hetero) is 1. The molecule has 0 unspecified atom stereocenters. The van der Waals surface area contributed by atoms with Crippen molar-refractivity contribution in [1.82, 2.24) is 0 Å². The Bertz CT molecular complexity index is 401. The van der Waals surface area contributed by atoms with Crippen LogP contribution in [0.1, 0.15) is 41.3 Å². The molecule has 0 spiro atoms. The van der Waals surface area contributed by atoms with Gasteiger partial charge in [-0.15, -0.1) is 0 Å². The van der Waals surface area contributed by atoms with Gasteiger partial charge in [0.2, 0.25) is 0 Å². The van der Waals surface area contributed by atoms with Gasteiger partial charge in [-0.2, -0.15) is 0 Å². The smallest absolute Gasteiger partial charge is 0.306 e. The van der Waals surface area contributed by atoms with Gasteiger partial charge in [0.05, 0.1) is 13.0 Å². The van der Waals surface area contributed by atoms with Crippen molar-refractivity contribution in [2.24, 2.45) is 0 Å². The summed E-state index contributed by atoms with van der Waals surface area (Å²) in [5, 5.41) is 0. The van der Waals surface area contributed by atoms with E-state index in [-0.39, 0.29) is 24.6 Å². The van der Waals surface area contributed by atoms with E-state index in [1.165, 1.54) is 0 Å². The first-order chi connectivity index (χ1) is 8.06. The minimum absolute atomic E-state index is 0.00801. The molecule has 3 heteroatoms. The average molecular weight is 234 g/mol. The number of benzene rings is 1. The van der Waals surface area contributed by atoms with E-state index in [9.17, 15) is 9.59 Å². The second-order valence-electron chi connectivity index (χ2n) is 4.00. The predicted molar refractivity (Wildman–Crippen MR) is 66.1 cm³/mol. The third-order valence-electron chi connectivity index (χ3n) is 2.62. The molecule has 3 nitrogen and oxygen atoms in total. The molecule has 1 aromatic carbocycles. The van der Waals surface area contributed by atoms with Crippen LogP contribution in [0, 0.1) is 13.8 Å². The molecule has 0 fully saturated rings. The van der Waals surface area contributed by atoms with Gasteiger partial charge in [0, 0.05) is 12.0 Å². The fourth-order valence-electron chi connectivity index (χ4n) is 1.83. The van der Waals surface area contributed by atoms with E-state index in [2.05, 4.69) is 0 Å². The van der Waals surface area contributed by atoms with E-state index in [1.54, 1.807) is 6.92 Å². The fourth-order valence-corrected chi connectivity index (χ4v) is 1.83. The molecule has 0 radical (unpaired) electrons. The van der Waals surface area contributed by atoms with Gasteiger partial charge in [0.15, 0.2) is 5.78 Å². The third-order valence-corrected chi connectivity index (χ3v) is 2.62. The van der Waals surface area contributed by atoms with Gasteiger partial charge in [-0.1, -0.05) is 18.2 Å². The molecule has 0 aromatic heterocycles. The van der Waals surface area contributed by atoms with Crippen LogP contribution in [0.2, 0.25) is 0 Å². The Kier molecular flexibility index (Phi) is 4.88. The summed E-state index contributed by atoms with van der Waals surface area (Å²) in [4.78, 5) is 23.2. The van der Waals surface area contributed by atoms with Crippen molar-refractivity contribution < 1.29 is 14.3 Å². The van der Waals surface area contributed by atoms with Crippen LogP contribution in [-0.4, -0.2) is 18.4 Å². The van der Waals surface area contributed by atoms with Gasteiger partial charge in [-0.05, 0) is 31.9 Å². The van der Waals surface area contributed by atoms with E-state index in [0.29, 0.717) is 6.61 Å². The largest absolute Gasteiger partial charge is 0.466 e. The zero-order chi connectivity index (χ0) is 12.8. The van der Waals surface area contributed by atoms with Crippen molar-refractivity contribution in [2.75, 3.05) is 6.61 Å². The minimum Gasteiger partial charge on any atom is -0.466 e. The van der Waals surface area contributed by atoms with Crippen molar-refractivity contribution in [2.45, 2.75) is 33.6 Å². The Hall–Kier alpha value is -1.64. The number of ether oxygens (including phenoxy) is 1. The maximum Gasteiger partial charge on any atom is 0.306 e. The summed E-state index contributed by atoms with van der Waals surface area (Å²) in [6.45, 7) is 5.93. The molecule has 1 aromatic rings. The van der Waals surface area contributed by atoms with Crippen LogP contribution in [0.4, 0.5) is 0 Å². The lowest BCUT2D eigenvalue weighted by Crippen LogP contribution is -2.10. The summed E-state index contributed by atoms with van der Waals surface area (Å²) in [6.07, 6.45) is 0.366. The minimum atomic E-state index is -0.313. The highest BCUT2D eigenvalue weighted by molar-refractivity contribution is 6.00. The molecule has 0 saturated heterocycles. The number of hydrogen-bond donors (Lipinski definition) is 0. The molecule has 0 N–H and O–H groups in total. The van der Waals surface area contributed by atoms with Crippen LogP contribution in [0.5, 0.6) is 0 Å². The Morgan fingerprint density at radius 2 is 1.71 bits per heavy atom. The lowest BCUT2D eigenvalue weighted by Gasteiger charge is -2.08. The normalized spacial score (nSPS) is 10.1. The molecule has 0 aliphatic heterocycles. The van der Waals surface area contributed by atoms with E-state index in [4.69, 9.17) is 4.74 Å². The van der Waals surface area contributed by atoms with Gasteiger partial charge in [0.1, 0.15) is 0 Å². The van der Waals surface area contributed by atoms with Gasteiger partial charge in [-0.3, -0.25) is 9.59 Å². The first kappa shape index (κ1) is 13.4. The zero-order valence-corrected chi connectivity index (χ0v) is 10.6. The summed E-state index contributed by atoms with van der Waals surface area (Å²) in [5.74, 6) is -0.305. The maximum absolute atomic E-state index is 12.0. The number of carbonyl (C=O) groups excluding carboxylic acids is 2. The van der Waals surface area contributed by atoms with Gasteiger partial charge >= 0.3 is 5.97 Å². The summed E-state index contributed by atoms with van der Waals surface area (Å²) in [7, 11) is 0. The molecule has 1 rings (SSSR count). The Balaban J connectivity index is 2.68. The molecule has 0 aliphatic carbocycles. The highest BCUT2D eigenvalue weighted by atomic mass is 16.5. The summed E-state index contributed by atoms with van der Waals surface area (Å²) < 4.78 is 4.80.